The first-order chi connectivity index (χ1) is 9.61. The van der Waals surface area contributed by atoms with Gasteiger partial charge in [-0.1, -0.05) is 6.07 Å². The fraction of sp³-hybridized carbons (Fsp3) is 0.625. The topological polar surface area (TPSA) is 58.7 Å². The lowest BCUT2D eigenvalue weighted by Gasteiger charge is -2.35. The third kappa shape index (κ3) is 3.57. The van der Waals surface area contributed by atoms with Crippen molar-refractivity contribution in [3.05, 3.63) is 18.2 Å². The highest BCUT2D eigenvalue weighted by atomic mass is 16.5. The molecule has 0 radical (unpaired) electrons. The number of nitrogens with two attached hydrogens (primary N) is 1. The molecule has 0 spiro atoms. The summed E-state index contributed by atoms with van der Waals surface area (Å²) >= 11 is 0. The molecule has 1 atom stereocenters. The predicted octanol–water partition coefficient (Wildman–Crippen LogP) is 2.65. The number of nitrogens with zero attached hydrogens (tertiary/aromatic N) is 1. The van der Waals surface area contributed by atoms with E-state index in [-0.39, 0.29) is 12.7 Å². The zero-order valence-electron chi connectivity index (χ0n) is 12.5. The third-order valence-corrected chi connectivity index (χ3v) is 3.80. The van der Waals surface area contributed by atoms with Gasteiger partial charge in [-0.3, -0.25) is 0 Å². The first-order valence-corrected chi connectivity index (χ1v) is 7.52. The average molecular weight is 278 g/mol. The molecule has 4 nitrogen and oxygen atoms in total. The van der Waals surface area contributed by atoms with E-state index in [0.29, 0.717) is 5.92 Å². The van der Waals surface area contributed by atoms with Crippen molar-refractivity contribution in [1.29, 1.82) is 0 Å². The highest BCUT2D eigenvalue weighted by molar-refractivity contribution is 5.74. The number of rotatable bonds is 5. The quantitative estimate of drug-likeness (QED) is 0.813. The number of ether oxygens (including phenoxy) is 1. The van der Waals surface area contributed by atoms with Gasteiger partial charge in [0.05, 0.1) is 17.5 Å². The number of piperidine rings is 1. The molecule has 112 valence electrons. The maximum Gasteiger partial charge on any atom is 0.144 e. The number of aliphatic hydroxyl groups is 1. The summed E-state index contributed by atoms with van der Waals surface area (Å²) in [5, 5.41) is 9.11. The number of benzene rings is 1. The highest BCUT2D eigenvalue weighted by Crippen LogP contribution is 2.35. The largest absolute Gasteiger partial charge is 0.489 e. The second kappa shape index (κ2) is 6.84. The Labute approximate surface area is 121 Å². The molecule has 4 heteroatoms. The molecule has 1 aromatic rings. The number of hydrogen-bond acceptors (Lipinski definition) is 4. The second-order valence-corrected chi connectivity index (χ2v) is 5.82. The summed E-state index contributed by atoms with van der Waals surface area (Å²) in [4.78, 5) is 2.33. The van der Waals surface area contributed by atoms with Gasteiger partial charge in [0, 0.05) is 19.7 Å². The normalized spacial score (nSPS) is 19.4. The van der Waals surface area contributed by atoms with E-state index in [1.165, 1.54) is 6.42 Å². The van der Waals surface area contributed by atoms with E-state index in [1.807, 2.05) is 26.0 Å². The summed E-state index contributed by atoms with van der Waals surface area (Å²) in [6.07, 6.45) is 3.34. The number of anilines is 2. The molecule has 2 rings (SSSR count). The van der Waals surface area contributed by atoms with Crippen molar-refractivity contribution in [3.8, 4) is 5.75 Å². The summed E-state index contributed by atoms with van der Waals surface area (Å²) < 4.78 is 5.76. The van der Waals surface area contributed by atoms with E-state index in [9.17, 15) is 0 Å². The van der Waals surface area contributed by atoms with Crippen molar-refractivity contribution in [2.24, 2.45) is 5.92 Å². The zero-order valence-corrected chi connectivity index (χ0v) is 12.5. The van der Waals surface area contributed by atoms with E-state index in [2.05, 4.69) is 11.0 Å². The van der Waals surface area contributed by atoms with Crippen LogP contribution in [0.1, 0.15) is 33.1 Å². The minimum absolute atomic E-state index is 0.121. The van der Waals surface area contributed by atoms with Crippen LogP contribution in [0.2, 0.25) is 0 Å². The molecule has 1 aliphatic heterocycles. The Hall–Kier alpha value is -1.42. The lowest BCUT2D eigenvalue weighted by atomic mass is 9.94. The highest BCUT2D eigenvalue weighted by Gasteiger charge is 2.22. The van der Waals surface area contributed by atoms with Crippen LogP contribution in [-0.2, 0) is 0 Å². The molecule has 1 heterocycles. The molecular weight excluding hydrogens is 252 g/mol. The van der Waals surface area contributed by atoms with Crippen molar-refractivity contribution >= 4 is 11.4 Å². The van der Waals surface area contributed by atoms with Crippen molar-refractivity contribution in [2.45, 2.75) is 39.2 Å². The molecule has 1 saturated heterocycles. The summed E-state index contributed by atoms with van der Waals surface area (Å²) in [5.74, 6) is 1.32. The zero-order chi connectivity index (χ0) is 14.5. The minimum Gasteiger partial charge on any atom is -0.489 e. The maximum absolute atomic E-state index is 9.11. The molecule has 20 heavy (non-hydrogen) atoms. The van der Waals surface area contributed by atoms with Gasteiger partial charge in [-0.2, -0.15) is 0 Å². The van der Waals surface area contributed by atoms with Crippen LogP contribution in [0.25, 0.3) is 0 Å². The van der Waals surface area contributed by atoms with Crippen LogP contribution in [0, 0.1) is 5.92 Å². The Morgan fingerprint density at radius 2 is 2.25 bits per heavy atom. The SMILES string of the molecule is CC(C)Oc1cccc(N2CCCC(CCO)C2)c1N. The molecular formula is C16H26N2O2. The van der Waals surface area contributed by atoms with Crippen molar-refractivity contribution < 1.29 is 9.84 Å². The van der Waals surface area contributed by atoms with Crippen molar-refractivity contribution in [1.82, 2.24) is 0 Å². The van der Waals surface area contributed by atoms with Crippen molar-refractivity contribution in [2.75, 3.05) is 30.3 Å². The maximum atomic E-state index is 9.11. The van der Waals surface area contributed by atoms with Crippen LogP contribution in [0.5, 0.6) is 5.75 Å². The van der Waals surface area contributed by atoms with E-state index in [4.69, 9.17) is 15.6 Å². The molecule has 1 fully saturated rings. The van der Waals surface area contributed by atoms with Crippen LogP contribution in [0.4, 0.5) is 11.4 Å². The van der Waals surface area contributed by atoms with Gasteiger partial charge in [-0.25, -0.2) is 0 Å². The monoisotopic (exact) mass is 278 g/mol. The Bertz CT molecular complexity index is 432. The minimum atomic E-state index is 0.121. The Morgan fingerprint density at radius 3 is 2.95 bits per heavy atom. The predicted molar refractivity (Wildman–Crippen MR) is 83.3 cm³/mol. The summed E-state index contributed by atoms with van der Waals surface area (Å²) in [5.41, 5.74) is 8.05. The van der Waals surface area contributed by atoms with E-state index in [0.717, 1.165) is 43.1 Å². The van der Waals surface area contributed by atoms with Gasteiger partial charge in [0.15, 0.2) is 0 Å². The molecule has 3 N–H and O–H groups in total. The Balaban J connectivity index is 2.15. The fourth-order valence-corrected chi connectivity index (χ4v) is 2.87. The summed E-state index contributed by atoms with van der Waals surface area (Å²) in [6, 6.07) is 5.98. The number of nitrogen functional groups attached to an aromatic ring is 1. The molecule has 1 unspecified atom stereocenters. The van der Waals surface area contributed by atoms with Gasteiger partial charge < -0.3 is 20.5 Å². The molecule has 0 bridgehead atoms. The smallest absolute Gasteiger partial charge is 0.144 e. The van der Waals surface area contributed by atoms with Crippen LogP contribution in [-0.4, -0.2) is 30.9 Å². The lowest BCUT2D eigenvalue weighted by Crippen LogP contribution is -2.36. The van der Waals surface area contributed by atoms with Gasteiger partial charge in [-0.05, 0) is 51.2 Å². The number of hydrogen-bond donors (Lipinski definition) is 2. The number of aliphatic hydroxyl groups excluding tert-OH is 1. The van der Waals surface area contributed by atoms with Gasteiger partial charge in [-0.15, -0.1) is 0 Å². The molecule has 0 amide bonds. The van der Waals surface area contributed by atoms with Crippen LogP contribution >= 0.6 is 0 Å². The molecule has 0 aromatic heterocycles. The third-order valence-electron chi connectivity index (χ3n) is 3.80. The Morgan fingerprint density at radius 1 is 1.45 bits per heavy atom. The van der Waals surface area contributed by atoms with E-state index < -0.39 is 0 Å². The number of para-hydroxylation sites is 1. The summed E-state index contributed by atoms with van der Waals surface area (Å²) in [6.45, 7) is 6.27. The van der Waals surface area contributed by atoms with Gasteiger partial charge in [0.2, 0.25) is 0 Å². The molecule has 1 aromatic carbocycles. The molecule has 0 aliphatic carbocycles. The standard InChI is InChI=1S/C16H26N2O2/c1-12(2)20-15-7-3-6-14(16(15)17)18-9-4-5-13(11-18)8-10-19/h3,6-7,12-13,19H,4-5,8-11,17H2,1-2H3. The Kier molecular flexibility index (Phi) is 5.12. The average Bonchev–Trinajstić information content (AvgIpc) is 2.41. The van der Waals surface area contributed by atoms with Crippen LogP contribution < -0.4 is 15.4 Å². The fourth-order valence-electron chi connectivity index (χ4n) is 2.87. The van der Waals surface area contributed by atoms with Gasteiger partial charge in [0.1, 0.15) is 5.75 Å². The van der Waals surface area contributed by atoms with Crippen molar-refractivity contribution in [3.63, 3.8) is 0 Å². The first-order valence-electron chi connectivity index (χ1n) is 7.52. The first kappa shape index (κ1) is 15.0. The van der Waals surface area contributed by atoms with E-state index >= 15 is 0 Å². The molecule has 0 saturated carbocycles. The van der Waals surface area contributed by atoms with Gasteiger partial charge >= 0.3 is 0 Å². The van der Waals surface area contributed by atoms with E-state index in [1.54, 1.807) is 0 Å². The summed E-state index contributed by atoms with van der Waals surface area (Å²) in [7, 11) is 0. The van der Waals surface area contributed by atoms with Crippen LogP contribution in [0.3, 0.4) is 0 Å². The lowest BCUT2D eigenvalue weighted by molar-refractivity contribution is 0.242. The second-order valence-electron chi connectivity index (χ2n) is 5.82. The molecule has 1 aliphatic rings. The van der Waals surface area contributed by atoms with Gasteiger partial charge in [0.25, 0.3) is 0 Å². The van der Waals surface area contributed by atoms with Crippen LogP contribution in [0.15, 0.2) is 18.2 Å².